The van der Waals surface area contributed by atoms with E-state index in [9.17, 15) is 4.79 Å². The molecule has 0 spiro atoms. The molecule has 2 aromatic heterocycles. The van der Waals surface area contributed by atoms with E-state index in [0.717, 1.165) is 69.9 Å². The number of aromatic nitrogens is 2. The summed E-state index contributed by atoms with van der Waals surface area (Å²) in [6, 6.07) is 13.3. The van der Waals surface area contributed by atoms with Crippen LogP contribution in [0.25, 0.3) is 16.6 Å². The zero-order valence-corrected chi connectivity index (χ0v) is 18.2. The van der Waals surface area contributed by atoms with E-state index in [1.165, 1.54) is 16.8 Å². The molecule has 1 aromatic carbocycles. The average Bonchev–Trinajstić information content (AvgIpc) is 3.62. The molecule has 32 heavy (non-hydrogen) atoms. The Morgan fingerprint density at radius 3 is 2.56 bits per heavy atom. The van der Waals surface area contributed by atoms with Gasteiger partial charge in [-0.2, -0.15) is 5.10 Å². The van der Waals surface area contributed by atoms with Crippen LogP contribution in [0.15, 0.2) is 48.8 Å². The molecular weight excluding hydrogens is 402 g/mol. The van der Waals surface area contributed by atoms with Gasteiger partial charge in [-0.25, -0.2) is 4.52 Å². The van der Waals surface area contributed by atoms with Gasteiger partial charge >= 0.3 is 0 Å². The molecule has 1 saturated carbocycles. The van der Waals surface area contributed by atoms with Gasteiger partial charge in [-0.3, -0.25) is 4.79 Å². The Bertz CT molecular complexity index is 1110. The number of nitrogens with one attached hydrogen (secondary N) is 1. The monoisotopic (exact) mass is 431 g/mol. The molecule has 0 radical (unpaired) electrons. The van der Waals surface area contributed by atoms with Crippen molar-refractivity contribution in [3.05, 3.63) is 54.4 Å². The minimum Gasteiger partial charge on any atom is -0.378 e. The number of ether oxygens (including phenoxy) is 1. The second kappa shape index (κ2) is 8.22. The molecule has 2 aliphatic heterocycles. The van der Waals surface area contributed by atoms with Crippen molar-refractivity contribution in [2.24, 2.45) is 5.92 Å². The molecule has 1 amide bonds. The second-order valence-electron chi connectivity index (χ2n) is 9.07. The van der Waals surface area contributed by atoms with Crippen LogP contribution in [0.2, 0.25) is 0 Å². The van der Waals surface area contributed by atoms with Crippen LogP contribution in [0.3, 0.4) is 0 Å². The Hall–Kier alpha value is -2.90. The third kappa shape index (κ3) is 3.76. The number of hydrogen-bond acceptors (Lipinski definition) is 5. The first-order valence-electron chi connectivity index (χ1n) is 11.7. The molecule has 4 heterocycles. The van der Waals surface area contributed by atoms with Crippen LogP contribution in [-0.4, -0.2) is 66.4 Å². The van der Waals surface area contributed by atoms with Crippen LogP contribution < -0.4 is 10.2 Å². The van der Waals surface area contributed by atoms with Gasteiger partial charge in [-0.15, -0.1) is 0 Å². The van der Waals surface area contributed by atoms with E-state index >= 15 is 0 Å². The topological polar surface area (TPSA) is 62.1 Å². The van der Waals surface area contributed by atoms with Crippen LogP contribution in [0.4, 0.5) is 5.69 Å². The third-order valence-corrected chi connectivity index (χ3v) is 6.91. The fraction of sp³-hybridized carbons (Fsp3) is 0.440. The molecule has 3 aromatic rings. The Balaban J connectivity index is 1.21. The number of carbonyl (C=O) groups is 1. The number of hydrogen-bond donors (Lipinski definition) is 1. The standard InChI is InChI=1S/C25H29N5O2/c31-25(20-5-6-20)29-12-10-28(11-13-29)23-7-8-27-30-16-21(15-24(23)30)18-1-3-19(4-2-18)22-17-32-14-9-26-22/h1-4,7-8,15-16,20,22,26H,5-6,9-14,17H2. The summed E-state index contributed by atoms with van der Waals surface area (Å²) < 4.78 is 7.57. The highest BCUT2D eigenvalue weighted by molar-refractivity contribution is 5.82. The molecule has 7 nitrogen and oxygen atoms in total. The molecule has 1 unspecified atom stereocenters. The number of carbonyl (C=O) groups excluding carboxylic acids is 1. The summed E-state index contributed by atoms with van der Waals surface area (Å²) in [5, 5.41) is 8.06. The van der Waals surface area contributed by atoms with Gasteiger partial charge in [0.05, 0.1) is 30.5 Å². The summed E-state index contributed by atoms with van der Waals surface area (Å²) >= 11 is 0. The maximum absolute atomic E-state index is 12.4. The number of amides is 1. The molecule has 1 N–H and O–H groups in total. The summed E-state index contributed by atoms with van der Waals surface area (Å²) in [4.78, 5) is 16.8. The first-order valence-corrected chi connectivity index (χ1v) is 11.7. The van der Waals surface area contributed by atoms with E-state index in [2.05, 4.69) is 57.9 Å². The molecule has 166 valence electrons. The van der Waals surface area contributed by atoms with Crippen LogP contribution in [0.5, 0.6) is 0 Å². The van der Waals surface area contributed by atoms with Crippen LogP contribution in [0.1, 0.15) is 24.4 Å². The van der Waals surface area contributed by atoms with E-state index in [1.54, 1.807) is 0 Å². The van der Waals surface area contributed by atoms with Crippen molar-refractivity contribution >= 4 is 17.1 Å². The molecule has 1 aliphatic carbocycles. The van der Waals surface area contributed by atoms with Crippen molar-refractivity contribution in [3.63, 3.8) is 0 Å². The molecule has 3 aliphatic rings. The maximum Gasteiger partial charge on any atom is 0.225 e. The van der Waals surface area contributed by atoms with Gasteiger partial charge in [0.15, 0.2) is 0 Å². The Morgan fingerprint density at radius 1 is 1.03 bits per heavy atom. The number of piperazine rings is 1. The van der Waals surface area contributed by atoms with E-state index in [-0.39, 0.29) is 6.04 Å². The number of morpholine rings is 1. The molecule has 3 fully saturated rings. The lowest BCUT2D eigenvalue weighted by atomic mass is 10.0. The van der Waals surface area contributed by atoms with Gasteiger partial charge in [-0.05, 0) is 36.1 Å². The lowest BCUT2D eigenvalue weighted by Crippen LogP contribution is -2.49. The minimum absolute atomic E-state index is 0.268. The highest BCUT2D eigenvalue weighted by atomic mass is 16.5. The number of fused-ring (bicyclic) bond motifs is 1. The lowest BCUT2D eigenvalue weighted by Gasteiger charge is -2.36. The van der Waals surface area contributed by atoms with Crippen molar-refractivity contribution < 1.29 is 9.53 Å². The minimum atomic E-state index is 0.268. The van der Waals surface area contributed by atoms with Crippen molar-refractivity contribution in [2.75, 3.05) is 50.8 Å². The van der Waals surface area contributed by atoms with E-state index < -0.39 is 0 Å². The highest BCUT2D eigenvalue weighted by Gasteiger charge is 2.34. The summed E-state index contributed by atoms with van der Waals surface area (Å²) in [6.07, 6.45) is 6.11. The molecule has 0 bridgehead atoms. The molecule has 7 heteroatoms. The predicted octanol–water partition coefficient (Wildman–Crippen LogP) is 2.72. The summed E-state index contributed by atoms with van der Waals surface area (Å²) in [7, 11) is 0. The number of anilines is 1. The fourth-order valence-corrected chi connectivity index (χ4v) is 4.87. The van der Waals surface area contributed by atoms with Crippen molar-refractivity contribution in [2.45, 2.75) is 18.9 Å². The summed E-state index contributed by atoms with van der Waals surface area (Å²) in [5.41, 5.74) is 5.89. The van der Waals surface area contributed by atoms with Gasteiger partial charge in [-0.1, -0.05) is 24.3 Å². The Kier molecular flexibility index (Phi) is 5.08. The van der Waals surface area contributed by atoms with Gasteiger partial charge in [0.25, 0.3) is 0 Å². The number of rotatable bonds is 4. The van der Waals surface area contributed by atoms with E-state index in [4.69, 9.17) is 4.74 Å². The Labute approximate surface area is 188 Å². The van der Waals surface area contributed by atoms with Crippen LogP contribution >= 0.6 is 0 Å². The predicted molar refractivity (Wildman–Crippen MR) is 124 cm³/mol. The smallest absolute Gasteiger partial charge is 0.225 e. The van der Waals surface area contributed by atoms with Crippen LogP contribution in [0, 0.1) is 5.92 Å². The summed E-state index contributed by atoms with van der Waals surface area (Å²) in [6.45, 7) is 5.74. The zero-order chi connectivity index (χ0) is 21.5. The largest absolute Gasteiger partial charge is 0.378 e. The Morgan fingerprint density at radius 2 is 1.84 bits per heavy atom. The average molecular weight is 432 g/mol. The maximum atomic E-state index is 12.4. The number of benzene rings is 1. The zero-order valence-electron chi connectivity index (χ0n) is 18.2. The fourth-order valence-electron chi connectivity index (χ4n) is 4.87. The third-order valence-electron chi connectivity index (χ3n) is 6.91. The molecular formula is C25H29N5O2. The molecule has 2 saturated heterocycles. The first kappa shape index (κ1) is 19.8. The van der Waals surface area contributed by atoms with Gasteiger partial charge in [0.2, 0.25) is 5.91 Å². The van der Waals surface area contributed by atoms with Crippen molar-refractivity contribution in [1.82, 2.24) is 19.8 Å². The quantitative estimate of drug-likeness (QED) is 0.688. The SMILES string of the molecule is O=C(C1CC1)N1CCN(c2ccnn3cc(-c4ccc(C5COCCN5)cc4)cc23)CC1. The summed E-state index contributed by atoms with van der Waals surface area (Å²) in [5.74, 6) is 0.656. The van der Waals surface area contributed by atoms with Gasteiger partial charge in [0, 0.05) is 56.6 Å². The first-order chi connectivity index (χ1) is 15.8. The molecule has 6 rings (SSSR count). The van der Waals surface area contributed by atoms with Gasteiger partial charge in [0.1, 0.15) is 0 Å². The second-order valence-corrected chi connectivity index (χ2v) is 9.07. The number of nitrogens with zero attached hydrogens (tertiary/aromatic N) is 4. The lowest BCUT2D eigenvalue weighted by molar-refractivity contribution is -0.132. The van der Waals surface area contributed by atoms with Crippen molar-refractivity contribution in [1.29, 1.82) is 0 Å². The molecule has 1 atom stereocenters. The van der Waals surface area contributed by atoms with Crippen LogP contribution in [-0.2, 0) is 9.53 Å². The highest BCUT2D eigenvalue weighted by Crippen LogP contribution is 2.33. The normalized spacial score (nSPS) is 21.8. The van der Waals surface area contributed by atoms with E-state index in [0.29, 0.717) is 11.8 Å². The van der Waals surface area contributed by atoms with Gasteiger partial charge < -0.3 is 19.9 Å². The van der Waals surface area contributed by atoms with Crippen molar-refractivity contribution in [3.8, 4) is 11.1 Å². The van der Waals surface area contributed by atoms with E-state index in [1.807, 2.05) is 15.6 Å².